The van der Waals surface area contributed by atoms with Crippen LogP contribution in [0.5, 0.6) is 5.75 Å². The van der Waals surface area contributed by atoms with E-state index in [1.165, 1.54) is 7.11 Å². The molecule has 3 amide bonds. The molecule has 13 nitrogen and oxygen atoms in total. The third-order valence-electron chi connectivity index (χ3n) is 9.67. The van der Waals surface area contributed by atoms with E-state index < -0.39 is 6.09 Å². The van der Waals surface area contributed by atoms with E-state index in [4.69, 9.17) is 9.47 Å². The molecule has 56 heavy (non-hydrogen) atoms. The van der Waals surface area contributed by atoms with E-state index in [1.807, 2.05) is 44.2 Å². The van der Waals surface area contributed by atoms with E-state index in [0.717, 1.165) is 74.1 Å². The first-order valence-electron chi connectivity index (χ1n) is 18.8. The highest BCUT2D eigenvalue weighted by Crippen LogP contribution is 2.44. The molecular weight excluding hydrogens is 711 g/mol. The first-order chi connectivity index (χ1) is 27.3. The van der Waals surface area contributed by atoms with Gasteiger partial charge in [0.1, 0.15) is 37.2 Å². The number of nitrogens with one attached hydrogen (secondary N) is 3. The molecule has 0 fully saturated rings. The molecule has 1 aliphatic rings. The normalized spacial score (nSPS) is 11.6. The van der Waals surface area contributed by atoms with E-state index in [1.54, 1.807) is 22.2 Å². The minimum absolute atomic E-state index is 0.150. The van der Waals surface area contributed by atoms with Crippen molar-refractivity contribution >= 4 is 28.9 Å². The van der Waals surface area contributed by atoms with Crippen molar-refractivity contribution in [2.45, 2.75) is 53.0 Å². The Kier molecular flexibility index (Phi) is 11.6. The van der Waals surface area contributed by atoms with Gasteiger partial charge in [-0.05, 0) is 58.7 Å². The smallest absolute Gasteiger partial charge is 0.410 e. The van der Waals surface area contributed by atoms with Gasteiger partial charge in [0.15, 0.2) is 0 Å². The topological polar surface area (TPSA) is 155 Å². The number of fused-ring (bicyclic) bond motifs is 5. The number of hydrogen-bond acceptors (Lipinski definition) is 8. The molecule has 2 aromatic heterocycles. The number of carbonyl (C=O) groups is 3. The van der Waals surface area contributed by atoms with Gasteiger partial charge in [0.05, 0.1) is 44.0 Å². The molecule has 0 radical (unpaired) electrons. The standard InChI is InChI=1S/C43H45N7O6/c1-4-17-49(40(51)23-46-42(52)54-3)24-38-44-22-37(47-38)31-12-14-33-32(20-31)27-55-41-34-15-13-30(19-29(34)11-16-35(33)41)36-21-45-39(48-36)25-50(18-5-2)43(53)56-26-28-9-7-6-8-10-28/h6-16,19-22H,4-5,17-18,23-27H2,1-3H3,(H,44,47)(H,45,48)(H,46,52). The highest BCUT2D eigenvalue weighted by Gasteiger charge is 2.22. The van der Waals surface area contributed by atoms with Gasteiger partial charge in [-0.2, -0.15) is 0 Å². The number of H-pyrrole nitrogens is 2. The summed E-state index contributed by atoms with van der Waals surface area (Å²) in [6.45, 7) is 6.19. The fourth-order valence-electron chi connectivity index (χ4n) is 6.88. The van der Waals surface area contributed by atoms with Crippen LogP contribution in [-0.2, 0) is 40.6 Å². The first-order valence-corrected chi connectivity index (χ1v) is 18.8. The zero-order valence-corrected chi connectivity index (χ0v) is 31.8. The molecular formula is C43H45N7O6. The molecule has 0 bridgehead atoms. The van der Waals surface area contributed by atoms with Crippen molar-refractivity contribution in [3.8, 4) is 39.4 Å². The van der Waals surface area contributed by atoms with Gasteiger partial charge in [-0.15, -0.1) is 0 Å². The average molecular weight is 756 g/mol. The molecule has 0 atom stereocenters. The van der Waals surface area contributed by atoms with E-state index >= 15 is 0 Å². The molecule has 3 N–H and O–H groups in total. The van der Waals surface area contributed by atoms with Gasteiger partial charge in [0.25, 0.3) is 0 Å². The van der Waals surface area contributed by atoms with Crippen molar-refractivity contribution in [3.63, 3.8) is 0 Å². The molecule has 0 saturated carbocycles. The molecule has 0 saturated heterocycles. The van der Waals surface area contributed by atoms with Crippen LogP contribution in [-0.4, -0.2) is 74.6 Å². The van der Waals surface area contributed by atoms with E-state index in [2.05, 4.69) is 78.5 Å². The lowest BCUT2D eigenvalue weighted by molar-refractivity contribution is -0.130. The number of benzene rings is 4. The number of carbonyl (C=O) groups excluding carboxylic acids is 3. The van der Waals surface area contributed by atoms with Crippen molar-refractivity contribution in [2.24, 2.45) is 0 Å². The van der Waals surface area contributed by atoms with Crippen molar-refractivity contribution in [3.05, 3.63) is 114 Å². The third-order valence-corrected chi connectivity index (χ3v) is 9.67. The molecule has 6 aromatic rings. The van der Waals surface area contributed by atoms with Crippen LogP contribution >= 0.6 is 0 Å². The van der Waals surface area contributed by atoms with Gasteiger partial charge in [0.2, 0.25) is 5.91 Å². The van der Waals surface area contributed by atoms with Crippen LogP contribution in [0.1, 0.15) is 49.5 Å². The Labute approximate surface area is 325 Å². The van der Waals surface area contributed by atoms with E-state index in [0.29, 0.717) is 37.9 Å². The fourth-order valence-corrected chi connectivity index (χ4v) is 6.88. The Morgan fingerprint density at radius 3 is 2.18 bits per heavy atom. The maximum Gasteiger partial charge on any atom is 0.410 e. The minimum Gasteiger partial charge on any atom is -0.488 e. The molecule has 0 aliphatic carbocycles. The Bertz CT molecular complexity index is 2340. The largest absolute Gasteiger partial charge is 0.488 e. The van der Waals surface area contributed by atoms with Gasteiger partial charge in [-0.25, -0.2) is 19.6 Å². The highest BCUT2D eigenvalue weighted by atomic mass is 16.6. The lowest BCUT2D eigenvalue weighted by atomic mass is 9.92. The number of imidazole rings is 2. The number of ether oxygens (including phenoxy) is 3. The summed E-state index contributed by atoms with van der Waals surface area (Å²) in [6.07, 6.45) is 4.11. The number of methoxy groups -OCH3 is 1. The molecule has 4 aromatic carbocycles. The first kappa shape index (κ1) is 37.7. The van der Waals surface area contributed by atoms with E-state index in [9.17, 15) is 14.4 Å². The molecule has 0 unspecified atom stereocenters. The predicted octanol–water partition coefficient (Wildman–Crippen LogP) is 7.82. The van der Waals surface area contributed by atoms with Gasteiger partial charge in [0, 0.05) is 29.6 Å². The maximum absolute atomic E-state index is 12.9. The Morgan fingerprint density at radius 1 is 0.804 bits per heavy atom. The zero-order valence-electron chi connectivity index (χ0n) is 31.8. The molecule has 1 aliphatic heterocycles. The van der Waals surface area contributed by atoms with Crippen molar-refractivity contribution < 1.29 is 28.6 Å². The number of aromatic amines is 2. The molecule has 7 rings (SSSR count). The fraction of sp³-hybridized carbons (Fsp3) is 0.279. The summed E-state index contributed by atoms with van der Waals surface area (Å²) < 4.78 is 16.6. The SMILES string of the molecule is CCCN(Cc1ncc(-c2ccc3c(c2)COc2c-3ccc3cc(-c4cnc(CN(CCC)C(=O)OCc5ccccc5)[nH]4)ccc23)[nH]1)C(=O)CNC(=O)OC. The number of nitrogens with zero attached hydrogens (tertiary/aromatic N) is 4. The second kappa shape index (κ2) is 17.2. The van der Waals surface area contributed by atoms with Gasteiger partial charge < -0.3 is 39.3 Å². The number of alkyl carbamates (subject to hydrolysis) is 1. The third kappa shape index (κ3) is 8.51. The predicted molar refractivity (Wildman–Crippen MR) is 212 cm³/mol. The number of amides is 3. The molecule has 3 heterocycles. The number of aromatic nitrogens is 4. The summed E-state index contributed by atoms with van der Waals surface area (Å²) in [5.74, 6) is 1.95. The monoisotopic (exact) mass is 755 g/mol. The zero-order chi connectivity index (χ0) is 39.0. The van der Waals surface area contributed by atoms with Crippen LogP contribution in [0, 0.1) is 0 Å². The summed E-state index contributed by atoms with van der Waals surface area (Å²) >= 11 is 0. The maximum atomic E-state index is 12.9. The van der Waals surface area contributed by atoms with Gasteiger partial charge in [-0.3, -0.25) is 4.79 Å². The van der Waals surface area contributed by atoms with Gasteiger partial charge >= 0.3 is 12.2 Å². The van der Waals surface area contributed by atoms with E-state index in [-0.39, 0.29) is 31.7 Å². The summed E-state index contributed by atoms with van der Waals surface area (Å²) in [6, 6.07) is 26.4. The Morgan fingerprint density at radius 2 is 1.46 bits per heavy atom. The average Bonchev–Trinajstić information content (AvgIpc) is 3.91. The second-order valence-corrected chi connectivity index (χ2v) is 13.6. The molecule has 288 valence electrons. The van der Waals surface area contributed by atoms with Crippen LogP contribution in [0.2, 0.25) is 0 Å². The summed E-state index contributed by atoms with van der Waals surface area (Å²) in [5.41, 5.74) is 7.76. The van der Waals surface area contributed by atoms with Crippen LogP contribution in [0.25, 0.3) is 44.4 Å². The van der Waals surface area contributed by atoms with Crippen LogP contribution in [0.15, 0.2) is 91.3 Å². The lowest BCUT2D eigenvalue weighted by Crippen LogP contribution is -2.40. The summed E-state index contributed by atoms with van der Waals surface area (Å²) in [4.78, 5) is 56.4. The Hall–Kier alpha value is -6.63. The van der Waals surface area contributed by atoms with Crippen LogP contribution in [0.3, 0.4) is 0 Å². The van der Waals surface area contributed by atoms with Crippen molar-refractivity contribution in [1.29, 1.82) is 0 Å². The van der Waals surface area contributed by atoms with Gasteiger partial charge in [-0.1, -0.05) is 74.5 Å². The van der Waals surface area contributed by atoms with Crippen molar-refractivity contribution in [1.82, 2.24) is 35.1 Å². The lowest BCUT2D eigenvalue weighted by Gasteiger charge is -2.23. The summed E-state index contributed by atoms with van der Waals surface area (Å²) in [5, 5.41) is 4.50. The highest BCUT2D eigenvalue weighted by molar-refractivity contribution is 5.98. The number of rotatable bonds is 14. The second-order valence-electron chi connectivity index (χ2n) is 13.6. The minimum atomic E-state index is -0.649. The van der Waals surface area contributed by atoms with Crippen LogP contribution < -0.4 is 10.1 Å². The summed E-state index contributed by atoms with van der Waals surface area (Å²) in [7, 11) is 1.26. The van der Waals surface area contributed by atoms with Crippen molar-refractivity contribution in [2.75, 3.05) is 26.7 Å². The molecule has 0 spiro atoms. The quantitative estimate of drug-likeness (QED) is 0.102. The van der Waals surface area contributed by atoms with Crippen LogP contribution in [0.4, 0.5) is 9.59 Å². The Balaban J connectivity index is 1.03. The molecule has 13 heteroatoms. The number of hydrogen-bond donors (Lipinski definition) is 3.